The maximum absolute atomic E-state index is 11.6. The minimum atomic E-state index is -3.35. The van der Waals surface area contributed by atoms with Crippen LogP contribution in [0, 0.1) is 0 Å². The van der Waals surface area contributed by atoms with E-state index in [1.54, 1.807) is 6.20 Å². The minimum absolute atomic E-state index is 0.135. The van der Waals surface area contributed by atoms with Crippen molar-refractivity contribution >= 4 is 21.5 Å². The molecule has 1 atom stereocenters. The van der Waals surface area contributed by atoms with Gasteiger partial charge in [0.05, 0.1) is 23.8 Å². The van der Waals surface area contributed by atoms with E-state index in [1.165, 1.54) is 6.20 Å². The van der Waals surface area contributed by atoms with Crippen LogP contribution in [0.2, 0.25) is 0 Å². The van der Waals surface area contributed by atoms with E-state index in [4.69, 9.17) is 4.98 Å². The van der Waals surface area contributed by atoms with Crippen LogP contribution in [0.1, 0.15) is 24.5 Å². The number of hydrogen-bond donors (Lipinski definition) is 2. The van der Waals surface area contributed by atoms with Gasteiger partial charge >= 0.3 is 0 Å². The van der Waals surface area contributed by atoms with Crippen LogP contribution >= 0.6 is 0 Å². The van der Waals surface area contributed by atoms with Crippen molar-refractivity contribution < 1.29 is 8.42 Å². The summed E-state index contributed by atoms with van der Waals surface area (Å²) in [6.45, 7) is 1.62. The van der Waals surface area contributed by atoms with Gasteiger partial charge in [-0.05, 0) is 18.9 Å². The highest BCUT2D eigenvalue weighted by atomic mass is 32.2. The molecule has 146 valence electrons. The van der Waals surface area contributed by atoms with Gasteiger partial charge in [-0.2, -0.15) is 5.10 Å². The number of hydrogen-bond acceptors (Lipinski definition) is 6. The van der Waals surface area contributed by atoms with Gasteiger partial charge in [0.2, 0.25) is 10.0 Å². The van der Waals surface area contributed by atoms with Crippen LogP contribution in [-0.2, 0) is 10.0 Å². The quantitative estimate of drug-likeness (QED) is 0.685. The molecular formula is C19H22N6O2S. The van der Waals surface area contributed by atoms with E-state index in [-0.39, 0.29) is 5.92 Å². The molecule has 0 unspecified atom stereocenters. The van der Waals surface area contributed by atoms with Gasteiger partial charge in [-0.3, -0.25) is 9.82 Å². The number of anilines is 2. The molecule has 0 spiro atoms. The van der Waals surface area contributed by atoms with Gasteiger partial charge in [-0.1, -0.05) is 30.3 Å². The Labute approximate surface area is 164 Å². The van der Waals surface area contributed by atoms with Crippen molar-refractivity contribution in [3.63, 3.8) is 0 Å². The SMILES string of the molecule is CS(=O)(=O)Nc1cn[nH]c1[C@@H]1CCCN(c2ccnc(-c3ccccc3)n2)C1. The Hall–Kier alpha value is -2.94. The number of sulfonamides is 1. The summed E-state index contributed by atoms with van der Waals surface area (Å²) in [6, 6.07) is 11.8. The molecule has 0 aliphatic carbocycles. The van der Waals surface area contributed by atoms with E-state index in [0.717, 1.165) is 49.3 Å². The van der Waals surface area contributed by atoms with Crippen molar-refractivity contribution in [1.29, 1.82) is 0 Å². The minimum Gasteiger partial charge on any atom is -0.356 e. The summed E-state index contributed by atoms with van der Waals surface area (Å²) >= 11 is 0. The van der Waals surface area contributed by atoms with Crippen LogP contribution in [-0.4, -0.2) is 47.9 Å². The number of H-pyrrole nitrogens is 1. The van der Waals surface area contributed by atoms with E-state index < -0.39 is 10.0 Å². The Bertz CT molecular complexity index is 1050. The first-order valence-corrected chi connectivity index (χ1v) is 11.0. The molecule has 2 N–H and O–H groups in total. The molecule has 0 bridgehead atoms. The zero-order chi connectivity index (χ0) is 19.6. The van der Waals surface area contributed by atoms with Gasteiger partial charge in [0.1, 0.15) is 5.82 Å². The lowest BCUT2D eigenvalue weighted by atomic mass is 9.94. The maximum Gasteiger partial charge on any atom is 0.229 e. The molecule has 3 aromatic rings. The van der Waals surface area contributed by atoms with Gasteiger partial charge in [-0.15, -0.1) is 0 Å². The zero-order valence-electron chi connectivity index (χ0n) is 15.5. The Morgan fingerprint density at radius 1 is 1.21 bits per heavy atom. The molecule has 8 nitrogen and oxygen atoms in total. The van der Waals surface area contributed by atoms with Gasteiger partial charge in [0.25, 0.3) is 0 Å². The predicted molar refractivity (Wildman–Crippen MR) is 109 cm³/mol. The fraction of sp³-hybridized carbons (Fsp3) is 0.316. The van der Waals surface area contributed by atoms with Crippen molar-refractivity contribution in [2.24, 2.45) is 0 Å². The number of aromatic amines is 1. The van der Waals surface area contributed by atoms with Crippen LogP contribution in [0.5, 0.6) is 0 Å². The lowest BCUT2D eigenvalue weighted by Gasteiger charge is -2.33. The zero-order valence-corrected chi connectivity index (χ0v) is 16.4. The molecule has 1 aliphatic rings. The predicted octanol–water partition coefficient (Wildman–Crippen LogP) is 2.62. The summed E-state index contributed by atoms with van der Waals surface area (Å²) in [5, 5.41) is 7.01. The third kappa shape index (κ3) is 4.14. The average molecular weight is 398 g/mol. The highest BCUT2D eigenvalue weighted by molar-refractivity contribution is 7.92. The lowest BCUT2D eigenvalue weighted by Crippen LogP contribution is -2.35. The van der Waals surface area contributed by atoms with Crippen LogP contribution in [0.4, 0.5) is 11.5 Å². The van der Waals surface area contributed by atoms with E-state index in [9.17, 15) is 8.42 Å². The molecule has 1 fully saturated rings. The van der Waals surface area contributed by atoms with Gasteiger partial charge in [0, 0.05) is 30.8 Å². The summed E-state index contributed by atoms with van der Waals surface area (Å²) in [7, 11) is -3.35. The molecule has 4 rings (SSSR count). The van der Waals surface area contributed by atoms with Crippen molar-refractivity contribution in [3.8, 4) is 11.4 Å². The summed E-state index contributed by atoms with van der Waals surface area (Å²) in [6.07, 6.45) is 6.37. The summed E-state index contributed by atoms with van der Waals surface area (Å²) < 4.78 is 25.8. The Balaban J connectivity index is 1.56. The van der Waals surface area contributed by atoms with E-state index in [2.05, 4.69) is 24.8 Å². The van der Waals surface area contributed by atoms with Crippen molar-refractivity contribution in [2.75, 3.05) is 29.0 Å². The van der Waals surface area contributed by atoms with Crippen LogP contribution in [0.3, 0.4) is 0 Å². The van der Waals surface area contributed by atoms with Crippen LogP contribution in [0.25, 0.3) is 11.4 Å². The standard InChI is InChI=1S/C19H22N6O2S/c1-28(26,27)24-16-12-21-23-18(16)15-8-5-11-25(13-15)17-9-10-20-19(22-17)14-6-3-2-4-7-14/h2-4,6-7,9-10,12,15,24H,5,8,11,13H2,1H3,(H,21,23)/t15-/m1/s1. The second-order valence-electron chi connectivity index (χ2n) is 6.96. The number of piperidine rings is 1. The summed E-state index contributed by atoms with van der Waals surface area (Å²) in [5.41, 5.74) is 2.31. The maximum atomic E-state index is 11.6. The second kappa shape index (κ2) is 7.59. The number of nitrogens with one attached hydrogen (secondary N) is 2. The molecule has 9 heteroatoms. The first-order chi connectivity index (χ1) is 13.5. The lowest BCUT2D eigenvalue weighted by molar-refractivity contribution is 0.499. The van der Waals surface area contributed by atoms with Crippen molar-refractivity contribution in [2.45, 2.75) is 18.8 Å². The van der Waals surface area contributed by atoms with E-state index in [0.29, 0.717) is 11.5 Å². The van der Waals surface area contributed by atoms with E-state index >= 15 is 0 Å². The molecule has 1 aromatic carbocycles. The summed E-state index contributed by atoms with van der Waals surface area (Å²) in [5.74, 6) is 1.70. The topological polar surface area (TPSA) is 104 Å². The first kappa shape index (κ1) is 18.4. The molecule has 1 saturated heterocycles. The van der Waals surface area contributed by atoms with Crippen molar-refractivity contribution in [1.82, 2.24) is 20.2 Å². The van der Waals surface area contributed by atoms with Crippen molar-refractivity contribution in [3.05, 3.63) is 54.5 Å². The monoisotopic (exact) mass is 398 g/mol. The number of rotatable bonds is 5. The highest BCUT2D eigenvalue weighted by Crippen LogP contribution is 2.32. The third-order valence-electron chi connectivity index (χ3n) is 4.79. The Morgan fingerprint density at radius 2 is 2.04 bits per heavy atom. The number of nitrogens with zero attached hydrogens (tertiary/aromatic N) is 4. The number of aromatic nitrogens is 4. The highest BCUT2D eigenvalue weighted by Gasteiger charge is 2.26. The van der Waals surface area contributed by atoms with Crippen LogP contribution < -0.4 is 9.62 Å². The molecule has 28 heavy (non-hydrogen) atoms. The third-order valence-corrected chi connectivity index (χ3v) is 5.38. The number of benzene rings is 1. The molecule has 0 saturated carbocycles. The second-order valence-corrected chi connectivity index (χ2v) is 8.71. The average Bonchev–Trinajstić information content (AvgIpc) is 3.15. The Kier molecular flexibility index (Phi) is 4.99. The van der Waals surface area contributed by atoms with E-state index in [1.807, 2.05) is 36.4 Å². The largest absolute Gasteiger partial charge is 0.356 e. The first-order valence-electron chi connectivity index (χ1n) is 9.14. The van der Waals surface area contributed by atoms with Crippen LogP contribution in [0.15, 0.2) is 48.8 Å². The molecule has 1 aliphatic heterocycles. The molecule has 0 amide bonds. The summed E-state index contributed by atoms with van der Waals surface area (Å²) in [4.78, 5) is 11.4. The molecular weight excluding hydrogens is 376 g/mol. The molecule has 3 heterocycles. The molecule has 2 aromatic heterocycles. The van der Waals surface area contributed by atoms with Gasteiger partial charge in [0.15, 0.2) is 5.82 Å². The fourth-order valence-corrected chi connectivity index (χ4v) is 4.12. The smallest absolute Gasteiger partial charge is 0.229 e. The Morgan fingerprint density at radius 3 is 2.82 bits per heavy atom. The normalized spacial score (nSPS) is 17.5. The molecule has 0 radical (unpaired) electrons. The fourth-order valence-electron chi connectivity index (χ4n) is 3.56. The van der Waals surface area contributed by atoms with Gasteiger partial charge in [-0.25, -0.2) is 18.4 Å². The van der Waals surface area contributed by atoms with Gasteiger partial charge < -0.3 is 4.90 Å².